The zero-order valence-electron chi connectivity index (χ0n) is 11.8. The molecule has 110 valence electrons. The Hall–Kier alpha value is -2.02. The van der Waals surface area contributed by atoms with Crippen LogP contribution in [-0.2, 0) is 0 Å². The van der Waals surface area contributed by atoms with E-state index in [1.165, 1.54) is 0 Å². The Balaban J connectivity index is 1.81. The molecule has 0 bridgehead atoms. The fourth-order valence-corrected chi connectivity index (χ4v) is 3.19. The molecule has 0 amide bonds. The van der Waals surface area contributed by atoms with Gasteiger partial charge in [0.1, 0.15) is 22.9 Å². The summed E-state index contributed by atoms with van der Waals surface area (Å²) in [6, 6.07) is 1.69. The largest absolute Gasteiger partial charge is 0.346 e. The van der Waals surface area contributed by atoms with Crippen LogP contribution >= 0.6 is 0 Å². The summed E-state index contributed by atoms with van der Waals surface area (Å²) in [7, 11) is 0. The van der Waals surface area contributed by atoms with Gasteiger partial charge in [-0.2, -0.15) is 0 Å². The van der Waals surface area contributed by atoms with Crippen molar-refractivity contribution in [1.82, 2.24) is 29.9 Å². The summed E-state index contributed by atoms with van der Waals surface area (Å²) in [5.74, 6) is 0. The standard InChI is InChI=1S/C14H17FN6/c1-2-20-6-4-12(10(15)8-20)21-13-9-3-5-16-14(9)17-7-11(13)18-19-21/h3,5,7,10,12H,2,4,6,8H2,1H3,(H,16,17). The molecule has 7 heteroatoms. The van der Waals surface area contributed by atoms with Gasteiger partial charge in [0.25, 0.3) is 0 Å². The van der Waals surface area contributed by atoms with Crippen molar-refractivity contribution in [2.24, 2.45) is 0 Å². The zero-order chi connectivity index (χ0) is 14.4. The van der Waals surface area contributed by atoms with Crippen molar-refractivity contribution in [2.45, 2.75) is 25.6 Å². The van der Waals surface area contributed by atoms with Gasteiger partial charge in [-0.15, -0.1) is 5.10 Å². The van der Waals surface area contributed by atoms with Crippen molar-refractivity contribution in [2.75, 3.05) is 19.6 Å². The molecule has 2 unspecified atom stereocenters. The molecular weight excluding hydrogens is 271 g/mol. The number of halogens is 1. The first-order valence-corrected chi connectivity index (χ1v) is 7.31. The number of H-pyrrole nitrogens is 1. The van der Waals surface area contributed by atoms with Crippen LogP contribution in [0.4, 0.5) is 4.39 Å². The molecule has 1 saturated heterocycles. The Morgan fingerprint density at radius 3 is 3.19 bits per heavy atom. The first-order valence-electron chi connectivity index (χ1n) is 7.31. The lowest BCUT2D eigenvalue weighted by atomic mass is 10.0. The van der Waals surface area contributed by atoms with Crippen molar-refractivity contribution < 1.29 is 4.39 Å². The van der Waals surface area contributed by atoms with Crippen LogP contribution in [0, 0.1) is 0 Å². The number of nitrogens with zero attached hydrogens (tertiary/aromatic N) is 5. The maximum absolute atomic E-state index is 14.5. The number of pyridine rings is 1. The third-order valence-corrected chi connectivity index (χ3v) is 4.37. The van der Waals surface area contributed by atoms with E-state index in [9.17, 15) is 4.39 Å². The molecule has 1 aliphatic heterocycles. The van der Waals surface area contributed by atoms with E-state index in [4.69, 9.17) is 0 Å². The maximum atomic E-state index is 14.5. The van der Waals surface area contributed by atoms with Crippen molar-refractivity contribution in [3.63, 3.8) is 0 Å². The van der Waals surface area contributed by atoms with Gasteiger partial charge in [0.15, 0.2) is 0 Å². The van der Waals surface area contributed by atoms with E-state index < -0.39 is 6.17 Å². The Morgan fingerprint density at radius 1 is 1.48 bits per heavy atom. The number of likely N-dealkylation sites (tertiary alicyclic amines) is 1. The Labute approximate surface area is 120 Å². The van der Waals surface area contributed by atoms with E-state index in [1.807, 2.05) is 12.3 Å². The molecule has 3 aromatic rings. The number of aromatic amines is 1. The molecule has 0 saturated carbocycles. The summed E-state index contributed by atoms with van der Waals surface area (Å²) >= 11 is 0. The highest BCUT2D eigenvalue weighted by molar-refractivity contribution is 6.00. The molecule has 4 heterocycles. The minimum absolute atomic E-state index is 0.252. The lowest BCUT2D eigenvalue weighted by molar-refractivity contribution is 0.0887. The fraction of sp³-hybridized carbons (Fsp3) is 0.500. The third-order valence-electron chi connectivity index (χ3n) is 4.37. The molecule has 3 aromatic heterocycles. The molecule has 1 N–H and O–H groups in total. The van der Waals surface area contributed by atoms with E-state index in [-0.39, 0.29) is 6.04 Å². The predicted octanol–water partition coefficient (Wildman–Crippen LogP) is 1.91. The molecule has 21 heavy (non-hydrogen) atoms. The van der Waals surface area contributed by atoms with Gasteiger partial charge in [-0.1, -0.05) is 12.1 Å². The number of piperidine rings is 1. The lowest BCUT2D eigenvalue weighted by Crippen LogP contribution is -2.42. The SMILES string of the molecule is CCN1CCC(n2nnc3cnc4[nH]ccc4c32)C(F)C1. The zero-order valence-corrected chi connectivity index (χ0v) is 11.8. The minimum atomic E-state index is -0.925. The van der Waals surface area contributed by atoms with Crippen molar-refractivity contribution in [3.05, 3.63) is 18.5 Å². The molecule has 0 aliphatic carbocycles. The molecule has 1 aliphatic rings. The van der Waals surface area contributed by atoms with E-state index in [2.05, 4.69) is 32.1 Å². The Bertz CT molecular complexity index is 778. The molecule has 4 rings (SSSR count). The Kier molecular flexibility index (Phi) is 2.88. The maximum Gasteiger partial charge on any atom is 0.139 e. The van der Waals surface area contributed by atoms with E-state index >= 15 is 0 Å². The van der Waals surface area contributed by atoms with Gasteiger partial charge < -0.3 is 9.88 Å². The highest BCUT2D eigenvalue weighted by Crippen LogP contribution is 2.30. The highest BCUT2D eigenvalue weighted by Gasteiger charge is 2.32. The van der Waals surface area contributed by atoms with Crippen LogP contribution in [0.3, 0.4) is 0 Å². The normalized spacial score (nSPS) is 24.1. The van der Waals surface area contributed by atoms with E-state index in [1.54, 1.807) is 10.9 Å². The van der Waals surface area contributed by atoms with Gasteiger partial charge in [0.2, 0.25) is 0 Å². The van der Waals surface area contributed by atoms with Gasteiger partial charge in [0.05, 0.1) is 12.2 Å². The molecule has 2 atom stereocenters. The van der Waals surface area contributed by atoms with Crippen molar-refractivity contribution >= 4 is 22.1 Å². The second kappa shape index (κ2) is 4.77. The van der Waals surface area contributed by atoms with E-state index in [0.29, 0.717) is 12.1 Å². The first-order chi connectivity index (χ1) is 10.3. The lowest BCUT2D eigenvalue weighted by Gasteiger charge is -2.33. The van der Waals surface area contributed by atoms with E-state index in [0.717, 1.165) is 36.1 Å². The summed E-state index contributed by atoms with van der Waals surface area (Å²) in [6.07, 6.45) is 3.35. The topological polar surface area (TPSA) is 62.6 Å². The number of fused-ring (bicyclic) bond motifs is 3. The van der Waals surface area contributed by atoms with Gasteiger partial charge >= 0.3 is 0 Å². The average Bonchev–Trinajstić information content (AvgIpc) is 3.12. The Morgan fingerprint density at radius 2 is 2.38 bits per heavy atom. The monoisotopic (exact) mass is 288 g/mol. The molecule has 0 spiro atoms. The minimum Gasteiger partial charge on any atom is -0.346 e. The first kappa shape index (κ1) is 12.7. The second-order valence-electron chi connectivity index (χ2n) is 5.53. The van der Waals surface area contributed by atoms with Gasteiger partial charge in [-0.3, -0.25) is 0 Å². The van der Waals surface area contributed by atoms with Crippen LogP contribution in [0.5, 0.6) is 0 Å². The number of rotatable bonds is 2. The summed E-state index contributed by atoms with van der Waals surface area (Å²) < 4.78 is 16.3. The second-order valence-corrected chi connectivity index (χ2v) is 5.53. The number of alkyl halides is 1. The van der Waals surface area contributed by atoms with Crippen LogP contribution in [0.1, 0.15) is 19.4 Å². The van der Waals surface area contributed by atoms with Crippen LogP contribution in [0.25, 0.3) is 22.1 Å². The number of hydrogen-bond acceptors (Lipinski definition) is 4. The fourth-order valence-electron chi connectivity index (χ4n) is 3.19. The third kappa shape index (κ3) is 1.91. The average molecular weight is 288 g/mol. The summed E-state index contributed by atoms with van der Waals surface area (Å²) in [5, 5.41) is 9.30. The van der Waals surface area contributed by atoms with Crippen molar-refractivity contribution in [1.29, 1.82) is 0 Å². The summed E-state index contributed by atoms with van der Waals surface area (Å²) in [5.41, 5.74) is 2.37. The molecule has 6 nitrogen and oxygen atoms in total. The molecule has 0 aromatic carbocycles. The number of aromatic nitrogens is 5. The van der Waals surface area contributed by atoms with Crippen LogP contribution in [0.15, 0.2) is 18.5 Å². The van der Waals surface area contributed by atoms with Crippen LogP contribution in [-0.4, -0.2) is 55.7 Å². The molecular formula is C14H17FN6. The molecule has 1 fully saturated rings. The quantitative estimate of drug-likeness (QED) is 0.782. The van der Waals surface area contributed by atoms with Crippen LogP contribution in [0.2, 0.25) is 0 Å². The number of nitrogens with one attached hydrogen (secondary N) is 1. The summed E-state index contributed by atoms with van der Waals surface area (Å²) in [4.78, 5) is 9.51. The smallest absolute Gasteiger partial charge is 0.139 e. The van der Waals surface area contributed by atoms with Crippen LogP contribution < -0.4 is 0 Å². The predicted molar refractivity (Wildman–Crippen MR) is 77.8 cm³/mol. The van der Waals surface area contributed by atoms with Crippen molar-refractivity contribution in [3.8, 4) is 0 Å². The van der Waals surface area contributed by atoms with Gasteiger partial charge in [0, 0.05) is 24.7 Å². The van der Waals surface area contributed by atoms with Gasteiger partial charge in [-0.05, 0) is 19.0 Å². The summed E-state index contributed by atoms with van der Waals surface area (Å²) in [6.45, 7) is 4.30. The highest BCUT2D eigenvalue weighted by atomic mass is 19.1. The molecule has 0 radical (unpaired) electrons. The van der Waals surface area contributed by atoms with Gasteiger partial charge in [-0.25, -0.2) is 14.1 Å². The number of hydrogen-bond donors (Lipinski definition) is 1.